The van der Waals surface area contributed by atoms with Gasteiger partial charge in [0, 0.05) is 4.90 Å². The summed E-state index contributed by atoms with van der Waals surface area (Å²) in [5, 5.41) is 12.8. The number of rotatable bonds is 6. The number of hydroxylamine groups is 1. The second kappa shape index (κ2) is 9.37. The molecule has 6 nitrogen and oxygen atoms in total. The van der Waals surface area contributed by atoms with Crippen LogP contribution in [-0.4, -0.2) is 39.8 Å². The van der Waals surface area contributed by atoms with Gasteiger partial charge in [-0.15, -0.1) is 0 Å². The summed E-state index contributed by atoms with van der Waals surface area (Å²) in [7, 11) is -1.54. The van der Waals surface area contributed by atoms with E-state index >= 15 is 0 Å². The number of hydrogen-bond acceptors (Lipinski definition) is 5. The van der Waals surface area contributed by atoms with Gasteiger partial charge in [-0.2, -0.15) is 0 Å². The maximum absolute atomic E-state index is 13.6. The molecule has 3 aliphatic rings. The van der Waals surface area contributed by atoms with Crippen LogP contribution in [0.2, 0.25) is 0 Å². The van der Waals surface area contributed by atoms with Gasteiger partial charge in [-0.3, -0.25) is 14.2 Å². The van der Waals surface area contributed by atoms with Gasteiger partial charge in [-0.25, -0.2) is 5.48 Å². The molecule has 3 fully saturated rings. The summed E-state index contributed by atoms with van der Waals surface area (Å²) in [6.07, 6.45) is 10.3. The van der Waals surface area contributed by atoms with E-state index in [0.29, 0.717) is 23.7 Å². The lowest BCUT2D eigenvalue weighted by atomic mass is 9.77. The zero-order valence-electron chi connectivity index (χ0n) is 17.7. The van der Waals surface area contributed by atoms with E-state index in [1.165, 1.54) is 32.1 Å². The summed E-state index contributed by atoms with van der Waals surface area (Å²) < 4.78 is 18.5. The highest BCUT2D eigenvalue weighted by atomic mass is 32.2. The van der Waals surface area contributed by atoms with Crippen molar-refractivity contribution in [2.24, 2.45) is 11.3 Å². The van der Waals surface area contributed by atoms with Gasteiger partial charge in [0.2, 0.25) is 0 Å². The first-order chi connectivity index (χ1) is 14.6. The van der Waals surface area contributed by atoms with E-state index in [-0.39, 0.29) is 5.41 Å². The lowest BCUT2D eigenvalue weighted by Gasteiger charge is -2.36. The van der Waals surface area contributed by atoms with Crippen molar-refractivity contribution < 1.29 is 18.9 Å². The number of nitrogens with one attached hydrogen (secondary N) is 2. The van der Waals surface area contributed by atoms with E-state index < -0.39 is 21.5 Å². The molecule has 1 aromatic rings. The molecule has 1 saturated heterocycles. The number of piperidine rings is 1. The van der Waals surface area contributed by atoms with Crippen molar-refractivity contribution in [1.29, 1.82) is 0 Å². The molecule has 1 aliphatic heterocycles. The Labute approximate surface area is 181 Å². The van der Waals surface area contributed by atoms with Crippen LogP contribution in [0, 0.1) is 11.3 Å². The molecule has 7 heteroatoms. The number of carbonyl (C=O) groups excluding carboxylic acids is 1. The first kappa shape index (κ1) is 21.8. The fourth-order valence-corrected chi connectivity index (χ4v) is 7.40. The summed E-state index contributed by atoms with van der Waals surface area (Å²) in [5.41, 5.74) is 1.85. The largest absolute Gasteiger partial charge is 0.493 e. The number of carbonyl (C=O) groups is 1. The predicted molar refractivity (Wildman–Crippen MR) is 116 cm³/mol. The van der Waals surface area contributed by atoms with Crippen LogP contribution < -0.4 is 15.5 Å². The Balaban J connectivity index is 1.46. The van der Waals surface area contributed by atoms with E-state index in [2.05, 4.69) is 5.32 Å². The molecular formula is C23H34N2O4S. The molecule has 1 amide bonds. The van der Waals surface area contributed by atoms with Gasteiger partial charge in [-0.05, 0) is 93.6 Å². The Kier molecular flexibility index (Phi) is 6.80. The molecule has 1 heterocycles. The van der Waals surface area contributed by atoms with Gasteiger partial charge in [0.25, 0.3) is 5.91 Å². The molecule has 3 N–H and O–H groups in total. The normalized spacial score (nSPS) is 27.6. The summed E-state index contributed by atoms with van der Waals surface area (Å²) in [5.74, 6) is 0.890. The van der Waals surface area contributed by atoms with Crippen molar-refractivity contribution >= 4 is 16.7 Å². The Morgan fingerprint density at radius 1 is 1.10 bits per heavy atom. The van der Waals surface area contributed by atoms with Gasteiger partial charge < -0.3 is 10.1 Å². The van der Waals surface area contributed by atoms with Gasteiger partial charge in [-0.1, -0.05) is 19.3 Å². The second-order valence-corrected chi connectivity index (χ2v) is 11.2. The lowest BCUT2D eigenvalue weighted by Crippen LogP contribution is -2.48. The highest BCUT2D eigenvalue weighted by Crippen LogP contribution is 2.53. The summed E-state index contributed by atoms with van der Waals surface area (Å²) >= 11 is 0. The smallest absolute Gasteiger partial charge is 0.262 e. The Bertz CT molecular complexity index is 757. The zero-order chi connectivity index (χ0) is 21.0. The lowest BCUT2D eigenvalue weighted by molar-refractivity contribution is -0.132. The summed E-state index contributed by atoms with van der Waals surface area (Å²) in [4.78, 5) is 13.3. The van der Waals surface area contributed by atoms with Gasteiger partial charge in [0.05, 0.1) is 17.4 Å². The fraction of sp³-hybridized carbons (Fsp3) is 0.696. The number of benzene rings is 1. The summed E-state index contributed by atoms with van der Waals surface area (Å²) in [6, 6.07) is 7.34. The molecule has 0 aromatic heterocycles. The molecule has 0 bridgehead atoms. The van der Waals surface area contributed by atoms with E-state index in [9.17, 15) is 14.2 Å². The monoisotopic (exact) mass is 434 g/mol. The highest BCUT2D eigenvalue weighted by Gasteiger charge is 2.56. The Morgan fingerprint density at radius 3 is 2.47 bits per heavy atom. The second-order valence-electron chi connectivity index (χ2n) is 9.42. The minimum Gasteiger partial charge on any atom is -0.493 e. The molecule has 2 unspecified atom stereocenters. The van der Waals surface area contributed by atoms with Crippen LogP contribution in [0.4, 0.5) is 0 Å². The number of hydrogen-bond donors (Lipinski definition) is 3. The van der Waals surface area contributed by atoms with Crippen LogP contribution in [0.1, 0.15) is 64.2 Å². The van der Waals surface area contributed by atoms with E-state index in [0.717, 1.165) is 44.7 Å². The minimum absolute atomic E-state index is 0.0382. The molecular weight excluding hydrogens is 400 g/mol. The molecule has 1 aromatic carbocycles. The van der Waals surface area contributed by atoms with E-state index in [1.54, 1.807) is 0 Å². The van der Waals surface area contributed by atoms with Crippen LogP contribution >= 0.6 is 0 Å². The minimum atomic E-state index is -1.54. The standard InChI is InChI=1S/C23H34N2O4S/c26-21(25-27)23(11-10-22(17-23)12-14-24-15-13-22)30(28)20-8-6-19(7-9-20)29-16-18-4-2-1-3-5-18/h6-9,18,24,27H,1-5,10-17H2,(H,25,26). The molecule has 2 saturated carbocycles. The molecule has 166 valence electrons. The zero-order valence-corrected chi connectivity index (χ0v) is 18.5. The van der Waals surface area contributed by atoms with Crippen LogP contribution in [0.15, 0.2) is 29.2 Å². The highest BCUT2D eigenvalue weighted by molar-refractivity contribution is 7.87. The average molecular weight is 435 g/mol. The SMILES string of the molecule is O=C(NO)C1(S(=O)c2ccc(OCC3CCCCC3)cc2)CCC2(CCNCC2)C1. The Morgan fingerprint density at radius 2 is 1.80 bits per heavy atom. The third-order valence-corrected chi connectivity index (χ3v) is 9.45. The van der Waals surface area contributed by atoms with E-state index in [4.69, 9.17) is 4.74 Å². The maximum atomic E-state index is 13.6. The molecule has 30 heavy (non-hydrogen) atoms. The van der Waals surface area contributed by atoms with E-state index in [1.807, 2.05) is 29.7 Å². The third-order valence-electron chi connectivity index (χ3n) is 7.50. The molecule has 1 spiro atoms. The first-order valence-corrected chi connectivity index (χ1v) is 12.5. The first-order valence-electron chi connectivity index (χ1n) is 11.4. The van der Waals surface area contributed by atoms with Crippen molar-refractivity contribution in [1.82, 2.24) is 10.8 Å². The van der Waals surface area contributed by atoms with Crippen molar-refractivity contribution in [3.05, 3.63) is 24.3 Å². The van der Waals surface area contributed by atoms with Gasteiger partial charge in [0.1, 0.15) is 10.5 Å². The topological polar surface area (TPSA) is 87.7 Å². The maximum Gasteiger partial charge on any atom is 0.262 e. The van der Waals surface area contributed by atoms with Crippen LogP contribution in [0.25, 0.3) is 0 Å². The van der Waals surface area contributed by atoms with Crippen molar-refractivity contribution in [3.63, 3.8) is 0 Å². The van der Waals surface area contributed by atoms with Crippen LogP contribution in [0.5, 0.6) is 5.75 Å². The Hall–Kier alpha value is -1.44. The van der Waals surface area contributed by atoms with Crippen molar-refractivity contribution in [2.45, 2.75) is 73.9 Å². The molecule has 0 radical (unpaired) electrons. The fourth-order valence-electron chi connectivity index (χ4n) is 5.62. The quantitative estimate of drug-likeness (QED) is 0.471. The average Bonchev–Trinajstić information content (AvgIpc) is 3.18. The molecule has 4 rings (SSSR count). The van der Waals surface area contributed by atoms with Gasteiger partial charge in [0.15, 0.2) is 0 Å². The van der Waals surface area contributed by atoms with Crippen LogP contribution in [-0.2, 0) is 15.6 Å². The third kappa shape index (κ3) is 4.43. The van der Waals surface area contributed by atoms with Gasteiger partial charge >= 0.3 is 0 Å². The predicted octanol–water partition coefficient (Wildman–Crippen LogP) is 3.55. The van der Waals surface area contributed by atoms with Crippen LogP contribution in [0.3, 0.4) is 0 Å². The van der Waals surface area contributed by atoms with Crippen molar-refractivity contribution in [3.8, 4) is 5.75 Å². The molecule has 2 aliphatic carbocycles. The molecule has 2 atom stereocenters. The van der Waals surface area contributed by atoms with Crippen molar-refractivity contribution in [2.75, 3.05) is 19.7 Å². The number of amides is 1. The summed E-state index contributed by atoms with van der Waals surface area (Å²) in [6.45, 7) is 2.59. The number of ether oxygens (including phenoxy) is 1.